The van der Waals surface area contributed by atoms with Crippen LogP contribution in [0.15, 0.2) is 18.2 Å². The minimum Gasteiger partial charge on any atom is -0.261 e. The number of rotatable bonds is 3. The second kappa shape index (κ2) is 4.82. The molecule has 0 heterocycles. The van der Waals surface area contributed by atoms with Crippen LogP contribution >= 0.6 is 22.9 Å². The van der Waals surface area contributed by atoms with Gasteiger partial charge in [-0.1, -0.05) is 18.2 Å². The number of halogens is 1. The van der Waals surface area contributed by atoms with E-state index in [9.17, 15) is 0 Å². The number of aryl methyl sites for hydroxylation is 2. The molecule has 0 aromatic heterocycles. The van der Waals surface area contributed by atoms with E-state index in [2.05, 4.69) is 58.4 Å². The third kappa shape index (κ3) is 2.75. The van der Waals surface area contributed by atoms with Crippen LogP contribution in [0.4, 0.5) is 0 Å². The molecule has 0 fully saturated rings. The summed E-state index contributed by atoms with van der Waals surface area (Å²) in [6, 6.07) is 6.66. The Morgan fingerprint density at radius 3 is 2.58 bits per heavy atom. The Kier molecular flexibility index (Phi) is 4.01. The van der Waals surface area contributed by atoms with E-state index in [1.807, 2.05) is 0 Å². The van der Waals surface area contributed by atoms with Crippen molar-refractivity contribution < 1.29 is 0 Å². The summed E-state index contributed by atoms with van der Waals surface area (Å²) >= 11 is 2.18. The first-order valence-corrected chi connectivity index (χ1v) is 5.21. The molecule has 12 heavy (non-hydrogen) atoms. The van der Waals surface area contributed by atoms with E-state index >= 15 is 0 Å². The second-order valence-corrected chi connectivity index (χ2v) is 3.82. The van der Waals surface area contributed by atoms with E-state index in [0.717, 1.165) is 13.0 Å². The van der Waals surface area contributed by atoms with Gasteiger partial charge in [0.25, 0.3) is 0 Å². The fourth-order valence-electron chi connectivity index (χ4n) is 1.15. The van der Waals surface area contributed by atoms with Gasteiger partial charge in [-0.25, -0.2) is 0 Å². The smallest absolute Gasteiger partial charge is 0.0169 e. The summed E-state index contributed by atoms with van der Waals surface area (Å²) in [7, 11) is 0. The van der Waals surface area contributed by atoms with Crippen molar-refractivity contribution >= 4 is 22.9 Å². The molecule has 0 saturated carbocycles. The van der Waals surface area contributed by atoms with Crippen LogP contribution in [0.3, 0.4) is 0 Å². The number of hydrogen-bond donors (Lipinski definition) is 1. The average molecular weight is 275 g/mol. The third-order valence-corrected chi connectivity index (χ3v) is 2.62. The highest BCUT2D eigenvalue weighted by molar-refractivity contribution is 14.1. The number of hydrogen-bond acceptors (Lipinski definition) is 1. The minimum atomic E-state index is 1.04. The van der Waals surface area contributed by atoms with Gasteiger partial charge in [0.15, 0.2) is 0 Å². The molecule has 0 bridgehead atoms. The highest BCUT2D eigenvalue weighted by atomic mass is 127. The Balaban J connectivity index is 2.69. The van der Waals surface area contributed by atoms with Gasteiger partial charge in [0.05, 0.1) is 0 Å². The summed E-state index contributed by atoms with van der Waals surface area (Å²) in [6.07, 6.45) is 1.12. The van der Waals surface area contributed by atoms with Gasteiger partial charge < -0.3 is 0 Å². The van der Waals surface area contributed by atoms with Gasteiger partial charge >= 0.3 is 0 Å². The van der Waals surface area contributed by atoms with Gasteiger partial charge in [0.1, 0.15) is 0 Å². The quantitative estimate of drug-likeness (QED) is 0.660. The monoisotopic (exact) mass is 275 g/mol. The average Bonchev–Trinajstić information content (AvgIpc) is 2.07. The lowest BCUT2D eigenvalue weighted by Gasteiger charge is -2.03. The van der Waals surface area contributed by atoms with Crippen molar-refractivity contribution in [2.45, 2.75) is 20.3 Å². The van der Waals surface area contributed by atoms with Crippen molar-refractivity contribution in [1.29, 1.82) is 0 Å². The van der Waals surface area contributed by atoms with Crippen molar-refractivity contribution in [2.75, 3.05) is 6.54 Å². The summed E-state index contributed by atoms with van der Waals surface area (Å²) in [6.45, 7) is 5.36. The molecule has 0 saturated heterocycles. The number of nitrogens with one attached hydrogen (secondary N) is 1. The first kappa shape index (κ1) is 9.99. The first-order chi connectivity index (χ1) is 5.74. The van der Waals surface area contributed by atoms with Gasteiger partial charge in [-0.3, -0.25) is 3.53 Å². The molecule has 1 nitrogen and oxygen atoms in total. The van der Waals surface area contributed by atoms with E-state index < -0.39 is 0 Å². The van der Waals surface area contributed by atoms with Crippen LogP contribution in [0.5, 0.6) is 0 Å². The van der Waals surface area contributed by atoms with Crippen molar-refractivity contribution in [3.63, 3.8) is 0 Å². The maximum absolute atomic E-state index is 3.12. The van der Waals surface area contributed by atoms with Crippen molar-refractivity contribution in [1.82, 2.24) is 3.53 Å². The highest BCUT2D eigenvalue weighted by Crippen LogP contribution is 2.09. The molecule has 0 unspecified atom stereocenters. The van der Waals surface area contributed by atoms with Gasteiger partial charge in [-0.2, -0.15) is 0 Å². The summed E-state index contributed by atoms with van der Waals surface area (Å²) < 4.78 is 3.12. The van der Waals surface area contributed by atoms with Crippen LogP contribution in [-0.2, 0) is 6.42 Å². The van der Waals surface area contributed by atoms with Crippen LogP contribution in [0, 0.1) is 13.8 Å². The molecule has 0 spiro atoms. The maximum Gasteiger partial charge on any atom is 0.0169 e. The summed E-state index contributed by atoms with van der Waals surface area (Å²) in [5.41, 5.74) is 4.18. The molecule has 0 aliphatic rings. The molecule has 1 aromatic carbocycles. The van der Waals surface area contributed by atoms with Crippen LogP contribution in [0.1, 0.15) is 16.7 Å². The maximum atomic E-state index is 3.12. The normalized spacial score (nSPS) is 10.2. The largest absolute Gasteiger partial charge is 0.261 e. The molecule has 0 amide bonds. The highest BCUT2D eigenvalue weighted by Gasteiger charge is 1.95. The fraction of sp³-hybridized carbons (Fsp3) is 0.400. The van der Waals surface area contributed by atoms with E-state index in [1.54, 1.807) is 0 Å². The Morgan fingerprint density at radius 2 is 2.00 bits per heavy atom. The SMILES string of the molecule is Cc1ccc(CCNI)cc1C. The van der Waals surface area contributed by atoms with Gasteiger partial charge in [0.2, 0.25) is 0 Å². The molecule has 1 rings (SSSR count). The van der Waals surface area contributed by atoms with E-state index in [4.69, 9.17) is 0 Å². The molecule has 66 valence electrons. The van der Waals surface area contributed by atoms with E-state index in [0.29, 0.717) is 0 Å². The minimum absolute atomic E-state index is 1.04. The lowest BCUT2D eigenvalue weighted by Crippen LogP contribution is -2.03. The van der Waals surface area contributed by atoms with Crippen LogP contribution < -0.4 is 3.53 Å². The first-order valence-electron chi connectivity index (χ1n) is 4.13. The van der Waals surface area contributed by atoms with Crippen LogP contribution in [0.25, 0.3) is 0 Å². The zero-order valence-electron chi connectivity index (χ0n) is 7.52. The van der Waals surface area contributed by atoms with Gasteiger partial charge in [0, 0.05) is 29.4 Å². The molecule has 0 aliphatic carbocycles. The topological polar surface area (TPSA) is 12.0 Å². The van der Waals surface area contributed by atoms with Crippen molar-refractivity contribution in [3.8, 4) is 0 Å². The van der Waals surface area contributed by atoms with E-state index in [-0.39, 0.29) is 0 Å². The van der Waals surface area contributed by atoms with Crippen molar-refractivity contribution in [2.24, 2.45) is 0 Å². The molecule has 0 radical (unpaired) electrons. The molecule has 1 aromatic rings. The Hall–Kier alpha value is -0.0900. The summed E-state index contributed by atoms with van der Waals surface area (Å²) in [5, 5.41) is 0. The summed E-state index contributed by atoms with van der Waals surface area (Å²) in [5.74, 6) is 0. The predicted octanol–water partition coefficient (Wildman–Crippen LogP) is 2.79. The second-order valence-electron chi connectivity index (χ2n) is 3.05. The lowest BCUT2D eigenvalue weighted by molar-refractivity contribution is 0.930. The molecule has 0 atom stereocenters. The van der Waals surface area contributed by atoms with Crippen LogP contribution in [0.2, 0.25) is 0 Å². The lowest BCUT2D eigenvalue weighted by atomic mass is 10.0. The molecular weight excluding hydrogens is 261 g/mol. The predicted molar refractivity (Wildman–Crippen MR) is 61.6 cm³/mol. The Bertz CT molecular complexity index is 258. The van der Waals surface area contributed by atoms with E-state index in [1.165, 1.54) is 16.7 Å². The fourth-order valence-corrected chi connectivity index (χ4v) is 1.42. The Labute approximate surface area is 88.1 Å². The van der Waals surface area contributed by atoms with Crippen molar-refractivity contribution in [3.05, 3.63) is 34.9 Å². The Morgan fingerprint density at radius 1 is 1.25 bits per heavy atom. The molecule has 0 aliphatic heterocycles. The van der Waals surface area contributed by atoms with Gasteiger partial charge in [-0.05, 0) is 37.0 Å². The molecule has 1 N–H and O–H groups in total. The standard InChI is InChI=1S/C10H14IN/c1-8-3-4-10(5-6-12-11)7-9(8)2/h3-4,7,12H,5-6H2,1-2H3. The zero-order valence-corrected chi connectivity index (χ0v) is 9.68. The molecule has 2 heteroatoms. The van der Waals surface area contributed by atoms with Crippen LogP contribution in [-0.4, -0.2) is 6.54 Å². The third-order valence-electron chi connectivity index (χ3n) is 2.08. The molecular formula is C10H14IN. The van der Waals surface area contributed by atoms with Gasteiger partial charge in [-0.15, -0.1) is 0 Å². The zero-order chi connectivity index (χ0) is 8.97. The summed E-state index contributed by atoms with van der Waals surface area (Å²) in [4.78, 5) is 0. The number of benzene rings is 1.